The topological polar surface area (TPSA) is 62.6 Å². The van der Waals surface area contributed by atoms with Crippen molar-refractivity contribution in [1.82, 2.24) is 0 Å². The molecule has 1 aromatic heterocycles. The van der Waals surface area contributed by atoms with Gasteiger partial charge in [-0.3, -0.25) is 9.59 Å². The number of nitrogens with zero attached hydrogens (tertiary/aromatic N) is 1. The van der Waals surface area contributed by atoms with Crippen LogP contribution in [0.3, 0.4) is 0 Å². The van der Waals surface area contributed by atoms with E-state index >= 15 is 0 Å². The minimum absolute atomic E-state index is 0.321. The molecule has 1 aromatic carbocycles. The molecule has 1 N–H and O–H groups in total. The number of carbonyl (C=O) groups is 2. The van der Waals surface area contributed by atoms with Crippen LogP contribution in [0.25, 0.3) is 0 Å². The highest BCUT2D eigenvalue weighted by atomic mass is 35.5. The lowest BCUT2D eigenvalue weighted by Crippen LogP contribution is -2.17. The normalized spacial score (nSPS) is 13.3. The fraction of sp³-hybridized carbons (Fsp3) is 0.200. The highest BCUT2D eigenvalue weighted by Crippen LogP contribution is 2.35. The first-order valence-electron chi connectivity index (χ1n) is 6.40. The Morgan fingerprint density at radius 3 is 2.76 bits per heavy atom. The van der Waals surface area contributed by atoms with E-state index in [4.69, 9.17) is 16.0 Å². The van der Waals surface area contributed by atoms with E-state index in [-0.39, 0.29) is 0 Å². The molecule has 0 spiro atoms. The zero-order valence-electron chi connectivity index (χ0n) is 11.6. The molecule has 0 unspecified atom stereocenters. The molecule has 1 aliphatic heterocycles. The second-order valence-electron chi connectivity index (χ2n) is 4.99. The number of hydrogen-bond acceptors (Lipinski definition) is 4. The number of Topliss-reactive ketones (excluding diaryl/α,β-unsaturated/α-hetero) is 1. The van der Waals surface area contributed by atoms with Gasteiger partial charge in [0.1, 0.15) is 5.76 Å². The van der Waals surface area contributed by atoms with Crippen LogP contribution >= 0.6 is 11.6 Å². The number of nitrogens with one attached hydrogen (secondary N) is 1. The second kappa shape index (κ2) is 4.93. The third-order valence-corrected chi connectivity index (χ3v) is 3.87. The summed E-state index contributed by atoms with van der Waals surface area (Å²) in [5, 5.41) is 2.98. The van der Waals surface area contributed by atoms with E-state index in [9.17, 15) is 9.59 Å². The van der Waals surface area contributed by atoms with Gasteiger partial charge in [-0.05, 0) is 25.1 Å². The quantitative estimate of drug-likeness (QED) is 0.885. The maximum absolute atomic E-state index is 11.6. The van der Waals surface area contributed by atoms with Crippen molar-refractivity contribution in [2.45, 2.75) is 13.5 Å². The van der Waals surface area contributed by atoms with Crippen molar-refractivity contribution in [2.24, 2.45) is 0 Å². The Morgan fingerprint density at radius 1 is 1.33 bits per heavy atom. The van der Waals surface area contributed by atoms with Gasteiger partial charge in [-0.15, -0.1) is 0 Å². The van der Waals surface area contributed by atoms with Gasteiger partial charge >= 0.3 is 0 Å². The van der Waals surface area contributed by atoms with Gasteiger partial charge in [0, 0.05) is 19.2 Å². The summed E-state index contributed by atoms with van der Waals surface area (Å²) in [6, 6.07) is 5.15. The molecule has 0 aliphatic carbocycles. The van der Waals surface area contributed by atoms with Gasteiger partial charge in [0.15, 0.2) is 0 Å². The Bertz CT molecular complexity index is 751. The second-order valence-corrected chi connectivity index (χ2v) is 5.40. The van der Waals surface area contributed by atoms with Crippen LogP contribution in [-0.4, -0.2) is 18.7 Å². The molecule has 0 fully saturated rings. The van der Waals surface area contributed by atoms with E-state index in [0.717, 1.165) is 17.0 Å². The van der Waals surface area contributed by atoms with Gasteiger partial charge in [-0.25, -0.2) is 0 Å². The van der Waals surface area contributed by atoms with Crippen molar-refractivity contribution in [3.8, 4) is 0 Å². The number of hydrogen-bond donors (Lipinski definition) is 1. The van der Waals surface area contributed by atoms with E-state index in [1.54, 1.807) is 12.3 Å². The molecule has 1 aliphatic rings. The standard InChI is InChI=1S/C15H13ClN2O3/c1-8-9(3-4-21-8)7-18(2)13-6-12-10(5-11(13)16)14(19)15(20)17-12/h3-6H,7H2,1-2H3,(H,17,19,20). The first kappa shape index (κ1) is 13.7. The van der Waals surface area contributed by atoms with Gasteiger partial charge in [0.25, 0.3) is 11.7 Å². The molecule has 108 valence electrons. The van der Waals surface area contributed by atoms with E-state index < -0.39 is 11.7 Å². The fourth-order valence-corrected chi connectivity index (χ4v) is 2.67. The van der Waals surface area contributed by atoms with E-state index in [0.29, 0.717) is 22.8 Å². The van der Waals surface area contributed by atoms with Gasteiger partial charge in [0.05, 0.1) is 28.2 Å². The van der Waals surface area contributed by atoms with Crippen LogP contribution in [0.15, 0.2) is 28.9 Å². The molecule has 0 radical (unpaired) electrons. The monoisotopic (exact) mass is 304 g/mol. The number of rotatable bonds is 3. The van der Waals surface area contributed by atoms with Crippen molar-refractivity contribution in [3.63, 3.8) is 0 Å². The Kier molecular flexibility index (Phi) is 3.22. The lowest BCUT2D eigenvalue weighted by molar-refractivity contribution is -0.112. The average molecular weight is 305 g/mol. The zero-order chi connectivity index (χ0) is 15.1. The summed E-state index contributed by atoms with van der Waals surface area (Å²) in [5.41, 5.74) is 2.61. The van der Waals surface area contributed by atoms with Crippen molar-refractivity contribution < 1.29 is 14.0 Å². The summed E-state index contributed by atoms with van der Waals surface area (Å²) in [5.74, 6) is -0.319. The number of amides is 1. The van der Waals surface area contributed by atoms with E-state index in [1.807, 2.05) is 24.9 Å². The first-order chi connectivity index (χ1) is 9.97. The third kappa shape index (κ3) is 2.29. The van der Waals surface area contributed by atoms with Crippen LogP contribution in [0.2, 0.25) is 5.02 Å². The molecule has 21 heavy (non-hydrogen) atoms. The summed E-state index contributed by atoms with van der Waals surface area (Å²) < 4.78 is 5.27. The molecule has 2 heterocycles. The average Bonchev–Trinajstić information content (AvgIpc) is 2.95. The molecule has 6 heteroatoms. The highest BCUT2D eigenvalue weighted by molar-refractivity contribution is 6.52. The van der Waals surface area contributed by atoms with Crippen molar-refractivity contribution >= 4 is 34.7 Å². The fourth-order valence-electron chi connectivity index (χ4n) is 2.36. The number of anilines is 2. The zero-order valence-corrected chi connectivity index (χ0v) is 12.3. The van der Waals surface area contributed by atoms with Crippen LogP contribution in [0.4, 0.5) is 11.4 Å². The number of aryl methyl sites for hydroxylation is 1. The summed E-state index contributed by atoms with van der Waals surface area (Å²) in [6.07, 6.45) is 1.64. The predicted molar refractivity (Wildman–Crippen MR) is 80.0 cm³/mol. The summed E-state index contributed by atoms with van der Waals surface area (Å²) >= 11 is 6.24. The SMILES string of the molecule is Cc1occc1CN(C)c1cc2c(cc1Cl)C(=O)C(=O)N2. The molecular weight excluding hydrogens is 292 g/mol. The minimum Gasteiger partial charge on any atom is -0.469 e. The molecule has 1 amide bonds. The Hall–Kier alpha value is -2.27. The third-order valence-electron chi connectivity index (χ3n) is 3.57. The van der Waals surface area contributed by atoms with Gasteiger partial charge in [-0.2, -0.15) is 0 Å². The highest BCUT2D eigenvalue weighted by Gasteiger charge is 2.29. The van der Waals surface area contributed by atoms with Crippen LogP contribution in [0.5, 0.6) is 0 Å². The number of halogens is 1. The summed E-state index contributed by atoms with van der Waals surface area (Å²) in [4.78, 5) is 25.0. The first-order valence-corrected chi connectivity index (χ1v) is 6.78. The van der Waals surface area contributed by atoms with Gasteiger partial charge in [0.2, 0.25) is 0 Å². The van der Waals surface area contributed by atoms with Gasteiger partial charge < -0.3 is 14.6 Å². The summed E-state index contributed by atoms with van der Waals surface area (Å²) in [6.45, 7) is 2.51. The van der Waals surface area contributed by atoms with Gasteiger partial charge in [-0.1, -0.05) is 11.6 Å². The van der Waals surface area contributed by atoms with Crippen molar-refractivity contribution in [2.75, 3.05) is 17.3 Å². The number of furan rings is 1. The Balaban J connectivity index is 1.93. The molecule has 5 nitrogen and oxygen atoms in total. The van der Waals surface area contributed by atoms with Crippen LogP contribution in [0, 0.1) is 6.92 Å². The number of ketones is 1. The lowest BCUT2D eigenvalue weighted by atomic mass is 10.1. The molecule has 0 saturated carbocycles. The molecule has 0 saturated heterocycles. The van der Waals surface area contributed by atoms with Crippen molar-refractivity contribution in [1.29, 1.82) is 0 Å². The minimum atomic E-state index is -0.619. The van der Waals surface area contributed by atoms with E-state index in [2.05, 4.69) is 5.32 Å². The Labute approximate surface area is 126 Å². The van der Waals surface area contributed by atoms with Crippen LogP contribution in [0.1, 0.15) is 21.7 Å². The van der Waals surface area contributed by atoms with E-state index in [1.165, 1.54) is 6.07 Å². The molecule has 3 rings (SSSR count). The summed E-state index contributed by atoms with van der Waals surface area (Å²) in [7, 11) is 1.89. The predicted octanol–water partition coefficient (Wildman–Crippen LogP) is 3.01. The largest absolute Gasteiger partial charge is 0.469 e. The maximum atomic E-state index is 11.6. The molecule has 0 atom stereocenters. The Morgan fingerprint density at radius 2 is 2.10 bits per heavy atom. The lowest BCUT2D eigenvalue weighted by Gasteiger charge is -2.21. The molecule has 0 bridgehead atoms. The molecular formula is C15H13ClN2O3. The maximum Gasteiger partial charge on any atom is 0.296 e. The van der Waals surface area contributed by atoms with Crippen LogP contribution < -0.4 is 10.2 Å². The number of benzene rings is 1. The molecule has 2 aromatic rings. The number of carbonyl (C=O) groups excluding carboxylic acids is 2. The van der Waals surface area contributed by atoms with Crippen LogP contribution in [-0.2, 0) is 11.3 Å². The van der Waals surface area contributed by atoms with Crippen molar-refractivity contribution in [3.05, 3.63) is 46.4 Å². The smallest absolute Gasteiger partial charge is 0.296 e. The number of fused-ring (bicyclic) bond motifs is 1.